The summed E-state index contributed by atoms with van der Waals surface area (Å²) in [5.74, 6) is 0.373. The quantitative estimate of drug-likeness (QED) is 0.552. The maximum absolute atomic E-state index is 10.5. The van der Waals surface area contributed by atoms with Gasteiger partial charge in [0.15, 0.2) is 5.82 Å². The minimum absolute atomic E-state index is 0.0755. The highest BCUT2D eigenvalue weighted by Gasteiger charge is 2.17. The van der Waals surface area contributed by atoms with Crippen LogP contribution in [0.3, 0.4) is 0 Å². The van der Waals surface area contributed by atoms with E-state index in [0.29, 0.717) is 11.4 Å². The number of nitriles is 1. The number of rotatable bonds is 2. The van der Waals surface area contributed by atoms with Gasteiger partial charge in [0.05, 0.1) is 11.0 Å². The molecule has 0 amide bonds. The first kappa shape index (κ1) is 14.4. The van der Waals surface area contributed by atoms with Crippen LogP contribution in [0.5, 0.6) is 0 Å². The molecule has 0 aliphatic rings. The van der Waals surface area contributed by atoms with Crippen LogP contribution in [0.25, 0.3) is 22.4 Å². The fourth-order valence-electron chi connectivity index (χ4n) is 2.33. The topological polar surface area (TPSA) is 61.8 Å². The van der Waals surface area contributed by atoms with Crippen molar-refractivity contribution in [1.82, 2.24) is 9.55 Å². The van der Waals surface area contributed by atoms with Crippen LogP contribution < -0.4 is 0 Å². The third-order valence-corrected chi connectivity index (χ3v) is 4.01. The van der Waals surface area contributed by atoms with Crippen molar-refractivity contribution in [2.75, 3.05) is 0 Å². The molecule has 0 unspecified atom stereocenters. The van der Waals surface area contributed by atoms with Gasteiger partial charge < -0.3 is 9.67 Å². The van der Waals surface area contributed by atoms with Gasteiger partial charge in [0.2, 0.25) is 0 Å². The number of hydrogen-bond donors (Lipinski definition) is 1. The number of allylic oxidation sites excluding steroid dienone is 1. The van der Waals surface area contributed by atoms with Crippen LogP contribution >= 0.6 is 15.9 Å². The largest absolute Gasteiger partial charge is 0.506 e. The third-order valence-electron chi connectivity index (χ3n) is 3.48. The second kappa shape index (κ2) is 5.66. The molecule has 0 atom stereocenters. The summed E-state index contributed by atoms with van der Waals surface area (Å²) in [5.41, 5.74) is 2.43. The molecule has 0 aliphatic carbocycles. The number of aromatic nitrogens is 2. The number of nitrogens with zero attached hydrogens (tertiary/aromatic N) is 3. The van der Waals surface area contributed by atoms with Gasteiger partial charge in [0, 0.05) is 17.1 Å². The minimum atomic E-state index is -0.0755. The molecule has 0 bridgehead atoms. The molecule has 108 valence electrons. The molecule has 22 heavy (non-hydrogen) atoms. The van der Waals surface area contributed by atoms with Gasteiger partial charge >= 0.3 is 0 Å². The Morgan fingerprint density at radius 1 is 1.18 bits per heavy atom. The lowest BCUT2D eigenvalue weighted by Gasteiger charge is -2.05. The molecule has 0 fully saturated rings. The fraction of sp³-hybridized carbons (Fsp3) is 0.0588. The highest BCUT2D eigenvalue weighted by atomic mass is 79.9. The Balaban J connectivity index is 2.21. The number of hydrogen-bond acceptors (Lipinski definition) is 3. The van der Waals surface area contributed by atoms with E-state index in [2.05, 4.69) is 27.0 Å². The van der Waals surface area contributed by atoms with Crippen molar-refractivity contribution in [2.45, 2.75) is 0 Å². The maximum Gasteiger partial charge on any atom is 0.155 e. The van der Waals surface area contributed by atoms with Crippen LogP contribution in [0.15, 0.2) is 53.0 Å². The van der Waals surface area contributed by atoms with E-state index in [1.807, 2.05) is 48.0 Å². The Bertz CT molecular complexity index is 917. The van der Waals surface area contributed by atoms with Gasteiger partial charge in [0.1, 0.15) is 17.4 Å². The molecule has 1 aromatic heterocycles. The van der Waals surface area contributed by atoms with Crippen LogP contribution in [0, 0.1) is 11.3 Å². The molecule has 0 saturated carbocycles. The second-order valence-electron chi connectivity index (χ2n) is 4.83. The summed E-state index contributed by atoms with van der Waals surface area (Å²) in [5, 5.41) is 19.9. The average Bonchev–Trinajstić information content (AvgIpc) is 2.86. The third kappa shape index (κ3) is 2.38. The number of fused-ring (bicyclic) bond motifs is 1. The number of aliphatic hydroxyl groups excluding tert-OH is 1. The predicted octanol–water partition coefficient (Wildman–Crippen LogP) is 4.29. The van der Waals surface area contributed by atoms with Crippen molar-refractivity contribution >= 4 is 38.3 Å². The minimum Gasteiger partial charge on any atom is -0.506 e. The maximum atomic E-state index is 10.5. The first-order valence-electron chi connectivity index (χ1n) is 6.63. The van der Waals surface area contributed by atoms with Gasteiger partial charge in [-0.1, -0.05) is 40.2 Å². The van der Waals surface area contributed by atoms with Crippen molar-refractivity contribution in [1.29, 1.82) is 5.26 Å². The summed E-state index contributed by atoms with van der Waals surface area (Å²) in [6.07, 6.45) is 0. The van der Waals surface area contributed by atoms with Gasteiger partial charge in [-0.2, -0.15) is 5.26 Å². The van der Waals surface area contributed by atoms with E-state index < -0.39 is 0 Å². The Labute approximate surface area is 136 Å². The molecule has 0 saturated heterocycles. The monoisotopic (exact) mass is 353 g/mol. The lowest BCUT2D eigenvalue weighted by molar-refractivity contribution is 0.513. The van der Waals surface area contributed by atoms with E-state index in [4.69, 9.17) is 0 Å². The smallest absolute Gasteiger partial charge is 0.155 e. The van der Waals surface area contributed by atoms with Crippen LogP contribution in [0.1, 0.15) is 11.4 Å². The molecule has 1 N–H and O–H groups in total. The molecule has 0 spiro atoms. The van der Waals surface area contributed by atoms with E-state index in [9.17, 15) is 10.4 Å². The Morgan fingerprint density at radius 3 is 2.50 bits per heavy atom. The molecular formula is C17H12BrN3O. The van der Waals surface area contributed by atoms with Crippen molar-refractivity contribution in [3.8, 4) is 6.07 Å². The van der Waals surface area contributed by atoms with Gasteiger partial charge in [-0.05, 0) is 24.3 Å². The number of imidazole rings is 1. The molecule has 1 heterocycles. The number of halogens is 1. The van der Waals surface area contributed by atoms with E-state index in [-0.39, 0.29) is 11.3 Å². The summed E-state index contributed by atoms with van der Waals surface area (Å²) in [6.45, 7) is 0. The van der Waals surface area contributed by atoms with E-state index in [0.717, 1.165) is 15.5 Å². The van der Waals surface area contributed by atoms with Gasteiger partial charge in [-0.25, -0.2) is 4.98 Å². The van der Waals surface area contributed by atoms with Crippen molar-refractivity contribution < 1.29 is 5.11 Å². The fourth-order valence-corrected chi connectivity index (χ4v) is 2.59. The van der Waals surface area contributed by atoms with Crippen LogP contribution in [0.2, 0.25) is 0 Å². The summed E-state index contributed by atoms with van der Waals surface area (Å²) in [7, 11) is 1.83. The van der Waals surface area contributed by atoms with Crippen molar-refractivity contribution in [2.24, 2.45) is 7.05 Å². The second-order valence-corrected chi connectivity index (χ2v) is 5.74. The molecule has 0 radical (unpaired) electrons. The first-order valence-corrected chi connectivity index (χ1v) is 7.42. The van der Waals surface area contributed by atoms with E-state index in [1.54, 1.807) is 12.1 Å². The SMILES string of the molecule is Cn1c(C(C#N)=C(O)c2ccc(Br)cc2)nc2ccccc21. The summed E-state index contributed by atoms with van der Waals surface area (Å²) < 4.78 is 2.72. The molecule has 2 aromatic carbocycles. The lowest BCUT2D eigenvalue weighted by atomic mass is 10.1. The molecule has 3 rings (SSSR count). The zero-order chi connectivity index (χ0) is 15.7. The average molecular weight is 354 g/mol. The van der Waals surface area contributed by atoms with Gasteiger partial charge in [-0.15, -0.1) is 0 Å². The summed E-state index contributed by atoms with van der Waals surface area (Å²) in [6, 6.07) is 16.8. The summed E-state index contributed by atoms with van der Waals surface area (Å²) in [4.78, 5) is 4.46. The highest BCUT2D eigenvalue weighted by molar-refractivity contribution is 9.10. The van der Waals surface area contributed by atoms with Crippen LogP contribution in [-0.4, -0.2) is 14.7 Å². The van der Waals surface area contributed by atoms with E-state index >= 15 is 0 Å². The van der Waals surface area contributed by atoms with Crippen molar-refractivity contribution in [3.05, 3.63) is 64.4 Å². The predicted molar refractivity (Wildman–Crippen MR) is 89.9 cm³/mol. The Hall–Kier alpha value is -2.58. The number of para-hydroxylation sites is 2. The van der Waals surface area contributed by atoms with Crippen molar-refractivity contribution in [3.63, 3.8) is 0 Å². The standard InChI is InChI=1S/C17H12BrN3O/c1-21-15-5-3-2-4-14(15)20-17(21)13(10-19)16(22)11-6-8-12(18)9-7-11/h2-9,22H,1H3. The normalized spacial score (nSPS) is 12.0. The Kier molecular flexibility index (Phi) is 3.70. The number of aryl methyl sites for hydroxylation is 1. The molecular weight excluding hydrogens is 342 g/mol. The molecule has 5 heteroatoms. The van der Waals surface area contributed by atoms with Gasteiger partial charge in [-0.3, -0.25) is 0 Å². The number of benzene rings is 2. The first-order chi connectivity index (χ1) is 10.6. The number of aliphatic hydroxyl groups is 1. The molecule has 0 aliphatic heterocycles. The summed E-state index contributed by atoms with van der Waals surface area (Å²) >= 11 is 3.35. The highest BCUT2D eigenvalue weighted by Crippen LogP contribution is 2.26. The van der Waals surface area contributed by atoms with Crippen LogP contribution in [-0.2, 0) is 7.05 Å². The lowest BCUT2D eigenvalue weighted by Crippen LogP contribution is -1.99. The zero-order valence-electron chi connectivity index (χ0n) is 11.8. The molecule has 4 nitrogen and oxygen atoms in total. The zero-order valence-corrected chi connectivity index (χ0v) is 13.4. The Morgan fingerprint density at radius 2 is 1.86 bits per heavy atom. The van der Waals surface area contributed by atoms with Crippen LogP contribution in [0.4, 0.5) is 0 Å². The van der Waals surface area contributed by atoms with Gasteiger partial charge in [0.25, 0.3) is 0 Å². The molecule has 3 aromatic rings. The van der Waals surface area contributed by atoms with E-state index in [1.165, 1.54) is 0 Å².